The first-order valence-corrected chi connectivity index (χ1v) is 6.34. The van der Waals surface area contributed by atoms with Crippen LogP contribution in [-0.4, -0.2) is 20.0 Å². The van der Waals surface area contributed by atoms with Crippen molar-refractivity contribution in [1.82, 2.24) is 20.0 Å². The molecule has 2 aromatic heterocycles. The predicted molar refractivity (Wildman–Crippen MR) is 80.0 cm³/mol. The molecule has 5 nitrogen and oxygen atoms in total. The largest absolute Gasteiger partial charge is 0.381 e. The summed E-state index contributed by atoms with van der Waals surface area (Å²) < 4.78 is 1.69. The number of aromatic amines is 1. The molecule has 3 rings (SSSR count). The number of aromatic nitrogens is 4. The van der Waals surface area contributed by atoms with Gasteiger partial charge in [-0.05, 0) is 23.8 Å². The topological polar surface area (TPSA) is 58.5 Å². The number of H-pyrrole nitrogens is 1. The van der Waals surface area contributed by atoms with Gasteiger partial charge in [-0.15, -0.1) is 0 Å². The predicted octanol–water partition coefficient (Wildman–Crippen LogP) is 2.99. The number of hydrogen-bond acceptors (Lipinski definition) is 3. The summed E-state index contributed by atoms with van der Waals surface area (Å²) in [5.74, 6) is 0. The van der Waals surface area contributed by atoms with Gasteiger partial charge in [0.05, 0.1) is 11.9 Å². The minimum Gasteiger partial charge on any atom is -0.381 e. The molecule has 0 atom stereocenters. The molecule has 100 valence electrons. The van der Waals surface area contributed by atoms with E-state index in [1.165, 1.54) is 0 Å². The molecule has 3 aromatic rings. The second-order valence-electron chi connectivity index (χ2n) is 4.41. The fraction of sp³-hybridized carbons (Fsp3) is 0.0667. The molecule has 0 aliphatic rings. The van der Waals surface area contributed by atoms with Crippen molar-refractivity contribution in [2.75, 3.05) is 5.32 Å². The van der Waals surface area contributed by atoms with Gasteiger partial charge in [0.15, 0.2) is 0 Å². The van der Waals surface area contributed by atoms with Gasteiger partial charge in [-0.3, -0.25) is 5.10 Å². The molecule has 0 saturated carbocycles. The van der Waals surface area contributed by atoms with Crippen molar-refractivity contribution in [1.29, 1.82) is 0 Å². The van der Waals surface area contributed by atoms with Gasteiger partial charge < -0.3 is 5.32 Å². The first-order chi connectivity index (χ1) is 9.85. The van der Waals surface area contributed by atoms with Crippen LogP contribution in [0.25, 0.3) is 17.5 Å². The van der Waals surface area contributed by atoms with Gasteiger partial charge >= 0.3 is 0 Å². The lowest BCUT2D eigenvalue weighted by Gasteiger charge is -2.05. The summed E-state index contributed by atoms with van der Waals surface area (Å²) in [5, 5.41) is 14.4. The maximum Gasteiger partial charge on any atom is 0.0650 e. The average Bonchev–Trinajstić information content (AvgIpc) is 3.17. The molecule has 0 fully saturated rings. The molecule has 0 bridgehead atoms. The summed E-state index contributed by atoms with van der Waals surface area (Å²) in [7, 11) is 0. The third kappa shape index (κ3) is 2.61. The Balaban J connectivity index is 1.65. The Morgan fingerprint density at radius 1 is 1.25 bits per heavy atom. The molecule has 2 heterocycles. The highest BCUT2D eigenvalue weighted by Crippen LogP contribution is 2.19. The van der Waals surface area contributed by atoms with E-state index in [-0.39, 0.29) is 0 Å². The lowest BCUT2D eigenvalue weighted by Crippen LogP contribution is -1.98. The summed E-state index contributed by atoms with van der Waals surface area (Å²) in [5.41, 5.74) is 4.32. The number of hydrogen-bond donors (Lipinski definition) is 2. The molecule has 5 heteroatoms. The van der Waals surface area contributed by atoms with E-state index in [2.05, 4.69) is 39.3 Å². The van der Waals surface area contributed by atoms with Crippen LogP contribution in [-0.2, 0) is 6.54 Å². The van der Waals surface area contributed by atoms with Crippen molar-refractivity contribution >= 4 is 11.9 Å². The second-order valence-corrected chi connectivity index (χ2v) is 4.41. The lowest BCUT2D eigenvalue weighted by molar-refractivity contribution is 0.936. The maximum absolute atomic E-state index is 4.14. The van der Waals surface area contributed by atoms with Crippen molar-refractivity contribution in [3.8, 4) is 11.3 Å². The molecule has 0 radical (unpaired) electrons. The van der Waals surface area contributed by atoms with Crippen LogP contribution in [0.15, 0.2) is 55.5 Å². The Bertz CT molecular complexity index is 679. The highest BCUT2D eigenvalue weighted by atomic mass is 15.2. The van der Waals surface area contributed by atoms with Crippen LogP contribution in [0.1, 0.15) is 5.56 Å². The van der Waals surface area contributed by atoms with E-state index in [9.17, 15) is 0 Å². The van der Waals surface area contributed by atoms with Crippen molar-refractivity contribution in [3.05, 3.63) is 61.1 Å². The van der Waals surface area contributed by atoms with E-state index in [1.54, 1.807) is 17.1 Å². The normalized spacial score (nSPS) is 10.4. The summed E-state index contributed by atoms with van der Waals surface area (Å²) >= 11 is 0. The molecular formula is C15H15N5. The van der Waals surface area contributed by atoms with Gasteiger partial charge in [-0.1, -0.05) is 18.7 Å². The molecule has 0 spiro atoms. The van der Waals surface area contributed by atoms with Gasteiger partial charge in [0.25, 0.3) is 0 Å². The van der Waals surface area contributed by atoms with Crippen molar-refractivity contribution in [2.45, 2.75) is 6.54 Å². The van der Waals surface area contributed by atoms with E-state index in [0.717, 1.165) is 29.1 Å². The zero-order valence-electron chi connectivity index (χ0n) is 11.0. The van der Waals surface area contributed by atoms with E-state index >= 15 is 0 Å². The average molecular weight is 265 g/mol. The van der Waals surface area contributed by atoms with E-state index in [1.807, 2.05) is 30.6 Å². The minimum absolute atomic E-state index is 0.733. The Morgan fingerprint density at radius 2 is 2.10 bits per heavy atom. The maximum atomic E-state index is 4.14. The lowest BCUT2D eigenvalue weighted by atomic mass is 10.1. The van der Waals surface area contributed by atoms with E-state index < -0.39 is 0 Å². The molecule has 2 N–H and O–H groups in total. The zero-order valence-corrected chi connectivity index (χ0v) is 11.0. The van der Waals surface area contributed by atoms with Gasteiger partial charge in [0.1, 0.15) is 0 Å². The van der Waals surface area contributed by atoms with Gasteiger partial charge in [0, 0.05) is 36.4 Å². The van der Waals surface area contributed by atoms with Crippen LogP contribution in [0.5, 0.6) is 0 Å². The molecular weight excluding hydrogens is 250 g/mol. The Hall–Kier alpha value is -2.82. The molecule has 0 amide bonds. The molecule has 20 heavy (non-hydrogen) atoms. The van der Waals surface area contributed by atoms with E-state index in [4.69, 9.17) is 0 Å². The minimum atomic E-state index is 0.733. The van der Waals surface area contributed by atoms with Crippen LogP contribution in [0, 0.1) is 0 Å². The fourth-order valence-corrected chi connectivity index (χ4v) is 1.96. The van der Waals surface area contributed by atoms with Crippen LogP contribution >= 0.6 is 0 Å². The van der Waals surface area contributed by atoms with Crippen molar-refractivity contribution < 1.29 is 0 Å². The Labute approximate surface area is 117 Å². The SMILES string of the molecule is C=Cn1cc(CNc2ccc(-c3ccn[nH]3)cc2)cn1. The fourth-order valence-electron chi connectivity index (χ4n) is 1.96. The van der Waals surface area contributed by atoms with Gasteiger partial charge in [-0.2, -0.15) is 10.2 Å². The van der Waals surface area contributed by atoms with E-state index in [0.29, 0.717) is 0 Å². The number of anilines is 1. The molecule has 0 aliphatic heterocycles. The van der Waals surface area contributed by atoms with Crippen LogP contribution < -0.4 is 5.32 Å². The van der Waals surface area contributed by atoms with Crippen LogP contribution in [0.2, 0.25) is 0 Å². The standard InChI is InChI=1S/C15H15N5/c1-2-20-11-12(10-18-20)9-16-14-5-3-13(4-6-14)15-7-8-17-19-15/h2-8,10-11,16H,1,9H2,(H,17,19). The zero-order chi connectivity index (χ0) is 13.8. The number of rotatable bonds is 5. The molecule has 0 unspecified atom stereocenters. The molecule has 1 aromatic carbocycles. The smallest absolute Gasteiger partial charge is 0.0650 e. The first-order valence-electron chi connectivity index (χ1n) is 6.34. The first kappa shape index (κ1) is 12.2. The molecule has 0 aliphatic carbocycles. The second kappa shape index (κ2) is 5.44. The highest BCUT2D eigenvalue weighted by molar-refractivity contribution is 5.62. The summed E-state index contributed by atoms with van der Waals surface area (Å²) in [6, 6.07) is 10.2. The molecule has 0 saturated heterocycles. The third-order valence-electron chi connectivity index (χ3n) is 3.04. The monoisotopic (exact) mass is 265 g/mol. The number of benzene rings is 1. The third-order valence-corrected chi connectivity index (χ3v) is 3.04. The van der Waals surface area contributed by atoms with Crippen molar-refractivity contribution in [3.63, 3.8) is 0 Å². The Kier molecular flexibility index (Phi) is 3.33. The van der Waals surface area contributed by atoms with Gasteiger partial charge in [-0.25, -0.2) is 4.68 Å². The summed E-state index contributed by atoms with van der Waals surface area (Å²) in [4.78, 5) is 0. The number of nitrogens with one attached hydrogen (secondary N) is 2. The number of nitrogens with zero attached hydrogens (tertiary/aromatic N) is 3. The summed E-state index contributed by atoms with van der Waals surface area (Å²) in [6.45, 7) is 4.40. The van der Waals surface area contributed by atoms with Crippen molar-refractivity contribution in [2.24, 2.45) is 0 Å². The van der Waals surface area contributed by atoms with Crippen LogP contribution in [0.4, 0.5) is 5.69 Å². The summed E-state index contributed by atoms with van der Waals surface area (Å²) in [6.07, 6.45) is 7.19. The quantitative estimate of drug-likeness (QED) is 0.745. The Morgan fingerprint density at radius 3 is 2.75 bits per heavy atom. The van der Waals surface area contributed by atoms with Crippen LogP contribution in [0.3, 0.4) is 0 Å². The van der Waals surface area contributed by atoms with Gasteiger partial charge in [0.2, 0.25) is 0 Å². The highest BCUT2D eigenvalue weighted by Gasteiger charge is 2.00.